The van der Waals surface area contributed by atoms with Crippen molar-refractivity contribution < 1.29 is 32.5 Å². The van der Waals surface area contributed by atoms with Crippen molar-refractivity contribution in [1.29, 1.82) is 0 Å². The molecule has 126 valence electrons. The molecule has 1 unspecified atom stereocenters. The fraction of sp³-hybridized carbons (Fsp3) is 1.00. The van der Waals surface area contributed by atoms with E-state index in [4.69, 9.17) is 15.2 Å². The predicted molar refractivity (Wildman–Crippen MR) is 69.9 cm³/mol. The van der Waals surface area contributed by atoms with Gasteiger partial charge in [0.15, 0.2) is 5.79 Å². The Morgan fingerprint density at radius 3 is 2.43 bits per heavy atom. The second-order valence-electron chi connectivity index (χ2n) is 5.40. The highest BCUT2D eigenvalue weighted by Gasteiger charge is 2.49. The number of alkyl halides is 3. The minimum atomic E-state index is -4.74. The average Bonchev–Trinajstić information content (AvgIpc) is 2.31. The molecule has 0 amide bonds. The van der Waals surface area contributed by atoms with Gasteiger partial charge in [0.2, 0.25) is 0 Å². The smallest absolute Gasteiger partial charge is 0.388 e. The monoisotopic (exact) mass is 335 g/mol. The highest BCUT2D eigenvalue weighted by atomic mass is 35.5. The summed E-state index contributed by atoms with van der Waals surface area (Å²) in [6, 6.07) is -0.0501. The standard InChI is InChI=1S/C12H20F3NO4.ClH/c13-12(14,15)20-11(4-1-5-11)19-7-9(17)10-3-2-8(16)6-18-10;/h8-10,17H,1-7,16H2;1H/t8-,9?,10+;/m1./s1. The molecule has 21 heavy (non-hydrogen) atoms. The van der Waals surface area contributed by atoms with Gasteiger partial charge in [-0.1, -0.05) is 0 Å². The van der Waals surface area contributed by atoms with E-state index < -0.39 is 24.4 Å². The molecule has 0 radical (unpaired) electrons. The van der Waals surface area contributed by atoms with Crippen molar-refractivity contribution in [3.05, 3.63) is 0 Å². The fourth-order valence-electron chi connectivity index (χ4n) is 2.39. The molecule has 3 atom stereocenters. The molecular formula is C12H21ClF3NO4. The van der Waals surface area contributed by atoms with Gasteiger partial charge in [-0.05, 0) is 19.3 Å². The van der Waals surface area contributed by atoms with Crippen molar-refractivity contribution in [2.24, 2.45) is 5.73 Å². The van der Waals surface area contributed by atoms with Crippen molar-refractivity contribution >= 4 is 12.4 Å². The zero-order valence-corrected chi connectivity index (χ0v) is 12.3. The summed E-state index contributed by atoms with van der Waals surface area (Å²) in [6.45, 7) is 0.0991. The van der Waals surface area contributed by atoms with E-state index in [0.717, 1.165) is 0 Å². The minimum Gasteiger partial charge on any atom is -0.388 e. The Hall–Kier alpha value is -0.120. The van der Waals surface area contributed by atoms with Gasteiger partial charge in [0.1, 0.15) is 6.10 Å². The molecule has 0 spiro atoms. The maximum atomic E-state index is 12.3. The van der Waals surface area contributed by atoms with Gasteiger partial charge in [0.25, 0.3) is 0 Å². The van der Waals surface area contributed by atoms with Crippen LogP contribution in [0.4, 0.5) is 13.2 Å². The summed E-state index contributed by atoms with van der Waals surface area (Å²) in [4.78, 5) is 0. The summed E-state index contributed by atoms with van der Waals surface area (Å²) in [5.74, 6) is -1.63. The van der Waals surface area contributed by atoms with Crippen LogP contribution in [0.15, 0.2) is 0 Å². The average molecular weight is 336 g/mol. The number of hydrogen-bond acceptors (Lipinski definition) is 5. The number of nitrogens with two attached hydrogens (primary N) is 1. The van der Waals surface area contributed by atoms with Gasteiger partial charge in [0, 0.05) is 18.9 Å². The van der Waals surface area contributed by atoms with Crippen LogP contribution in [0.1, 0.15) is 32.1 Å². The van der Waals surface area contributed by atoms with E-state index in [1.54, 1.807) is 0 Å². The van der Waals surface area contributed by atoms with Crippen LogP contribution in [0, 0.1) is 0 Å². The van der Waals surface area contributed by atoms with Gasteiger partial charge in [-0.15, -0.1) is 25.6 Å². The van der Waals surface area contributed by atoms with Crippen LogP contribution in [0.5, 0.6) is 0 Å². The molecule has 2 rings (SSSR count). The Morgan fingerprint density at radius 2 is 2.00 bits per heavy atom. The van der Waals surface area contributed by atoms with Crippen LogP contribution in [0.3, 0.4) is 0 Å². The van der Waals surface area contributed by atoms with Gasteiger partial charge in [0.05, 0.1) is 19.3 Å². The van der Waals surface area contributed by atoms with Gasteiger partial charge in [-0.3, -0.25) is 4.74 Å². The second kappa shape index (κ2) is 7.43. The number of halogens is 4. The summed E-state index contributed by atoms with van der Waals surface area (Å²) >= 11 is 0. The van der Waals surface area contributed by atoms with Crippen LogP contribution >= 0.6 is 12.4 Å². The van der Waals surface area contributed by atoms with E-state index in [1.165, 1.54) is 0 Å². The summed E-state index contributed by atoms with van der Waals surface area (Å²) in [5, 5.41) is 9.91. The second-order valence-corrected chi connectivity index (χ2v) is 5.40. The van der Waals surface area contributed by atoms with E-state index in [0.29, 0.717) is 25.9 Å². The Balaban J connectivity index is 0.00000220. The number of ether oxygens (including phenoxy) is 3. The van der Waals surface area contributed by atoms with E-state index in [9.17, 15) is 18.3 Å². The molecule has 3 N–H and O–H groups in total. The minimum absolute atomic E-state index is 0. The first-order valence-electron chi connectivity index (χ1n) is 6.76. The lowest BCUT2D eigenvalue weighted by atomic mass is 9.91. The zero-order chi connectivity index (χ0) is 14.8. The van der Waals surface area contributed by atoms with Crippen molar-refractivity contribution in [3.63, 3.8) is 0 Å². The molecule has 0 aromatic heterocycles. The lowest BCUT2D eigenvalue weighted by Gasteiger charge is -2.42. The molecule has 2 aliphatic rings. The van der Waals surface area contributed by atoms with Gasteiger partial charge in [-0.2, -0.15) is 0 Å². The summed E-state index contributed by atoms with van der Waals surface area (Å²) in [5.41, 5.74) is 5.66. The topological polar surface area (TPSA) is 73.9 Å². The highest BCUT2D eigenvalue weighted by molar-refractivity contribution is 5.85. The van der Waals surface area contributed by atoms with Crippen LogP contribution < -0.4 is 5.73 Å². The highest BCUT2D eigenvalue weighted by Crippen LogP contribution is 2.41. The number of aliphatic hydroxyl groups excluding tert-OH is 1. The third-order valence-corrected chi connectivity index (χ3v) is 3.71. The molecule has 9 heteroatoms. The van der Waals surface area contributed by atoms with Crippen LogP contribution in [-0.2, 0) is 14.2 Å². The quantitative estimate of drug-likeness (QED) is 0.748. The number of rotatable bonds is 5. The van der Waals surface area contributed by atoms with Gasteiger partial charge < -0.3 is 20.3 Å². The molecule has 5 nitrogen and oxygen atoms in total. The van der Waals surface area contributed by atoms with Gasteiger partial charge >= 0.3 is 6.36 Å². The summed E-state index contributed by atoms with van der Waals surface area (Å²) < 4.78 is 51.4. The molecule has 1 aliphatic heterocycles. The Labute approximate surface area is 127 Å². The lowest BCUT2D eigenvalue weighted by molar-refractivity contribution is -0.436. The molecule has 1 heterocycles. The number of hydrogen-bond donors (Lipinski definition) is 2. The molecule has 0 aromatic rings. The first-order chi connectivity index (χ1) is 9.30. The molecule has 0 bridgehead atoms. The molecule has 1 saturated carbocycles. The van der Waals surface area contributed by atoms with Crippen LogP contribution in [0.2, 0.25) is 0 Å². The third kappa shape index (κ3) is 5.54. The van der Waals surface area contributed by atoms with Gasteiger partial charge in [-0.25, -0.2) is 0 Å². The molecule has 2 fully saturated rings. The van der Waals surface area contributed by atoms with E-state index in [-0.39, 0.29) is 37.9 Å². The maximum Gasteiger partial charge on any atom is 0.524 e. The largest absolute Gasteiger partial charge is 0.524 e. The van der Waals surface area contributed by atoms with Crippen molar-refractivity contribution in [3.8, 4) is 0 Å². The molecule has 1 saturated heterocycles. The third-order valence-electron chi connectivity index (χ3n) is 3.71. The van der Waals surface area contributed by atoms with Crippen LogP contribution in [0.25, 0.3) is 0 Å². The zero-order valence-electron chi connectivity index (χ0n) is 11.5. The molecule has 0 aromatic carbocycles. The summed E-state index contributed by atoms with van der Waals surface area (Å²) in [6.07, 6.45) is -3.91. The SMILES string of the molecule is Cl.N[C@@H]1CC[C@@H](C(O)COC2(OC(F)(F)F)CCC2)OC1. The van der Waals surface area contributed by atoms with E-state index >= 15 is 0 Å². The summed E-state index contributed by atoms with van der Waals surface area (Å²) in [7, 11) is 0. The van der Waals surface area contributed by atoms with Crippen molar-refractivity contribution in [2.75, 3.05) is 13.2 Å². The Morgan fingerprint density at radius 1 is 1.33 bits per heavy atom. The van der Waals surface area contributed by atoms with E-state index in [1.807, 2.05) is 0 Å². The molecular weight excluding hydrogens is 315 g/mol. The normalized spacial score (nSPS) is 30.1. The first kappa shape index (κ1) is 18.9. The van der Waals surface area contributed by atoms with E-state index in [2.05, 4.69) is 4.74 Å². The van der Waals surface area contributed by atoms with Crippen molar-refractivity contribution in [1.82, 2.24) is 0 Å². The molecule has 1 aliphatic carbocycles. The first-order valence-corrected chi connectivity index (χ1v) is 6.76. The lowest BCUT2D eigenvalue weighted by Crippen LogP contribution is -2.50. The maximum absolute atomic E-state index is 12.3. The number of aliphatic hydroxyl groups is 1. The van der Waals surface area contributed by atoms with Crippen molar-refractivity contribution in [2.45, 2.75) is 62.5 Å². The Bertz CT molecular complexity index is 320. The fourth-order valence-corrected chi connectivity index (χ4v) is 2.39. The van der Waals surface area contributed by atoms with Crippen LogP contribution in [-0.4, -0.2) is 48.7 Å². The predicted octanol–water partition coefficient (Wildman–Crippen LogP) is 1.71. The Kier molecular flexibility index (Phi) is 6.70.